The van der Waals surface area contributed by atoms with Gasteiger partial charge in [-0.3, -0.25) is 24.7 Å². The molecule has 0 radical (unpaired) electrons. The number of rotatable bonds is 18. The number of nitro groups is 1. The number of amides is 2. The van der Waals surface area contributed by atoms with Crippen molar-refractivity contribution in [2.45, 2.75) is 100 Å². The standard InChI is InChI=1S/C57H73ClN8O7S2/c1-56(2,3)73-55(68)64-32-28-62(29-33-64)40-57(4)24-22-51(42-11-15-45(58)16-12-42)44(36-57)38-61-26-30-63(31-27-61)47-18-13-43(14-19-47)54(67)60-75(71,72)50-20-21-52(53(35-50)66(69)70)59-46(39-74-49-8-6-5-7-9-49)23-25-65-37-41-10-17-48(65)34-41/h5-9,11-16,18-21,35,41,46,48,59H,10,17,22-34,36-40H2,1-4H3,(H,60,67)/t41?,46-,48?,57-/m1/s1. The highest BCUT2D eigenvalue weighted by atomic mass is 35.5. The molecule has 75 heavy (non-hydrogen) atoms. The van der Waals surface area contributed by atoms with Gasteiger partial charge in [-0.2, -0.15) is 0 Å². The number of benzene rings is 4. The number of nitrogens with one attached hydrogen (secondary N) is 2. The monoisotopic (exact) mass is 1080 g/mol. The highest BCUT2D eigenvalue weighted by Gasteiger charge is 2.39. The molecule has 15 nitrogen and oxygen atoms in total. The predicted octanol–water partition coefficient (Wildman–Crippen LogP) is 10.1. The number of piperazine rings is 2. The summed E-state index contributed by atoms with van der Waals surface area (Å²) in [7, 11) is -4.47. The Balaban J connectivity index is 0.796. The van der Waals surface area contributed by atoms with Gasteiger partial charge in [0.05, 0.1) is 9.82 Å². The Bertz CT molecular complexity index is 2800. The number of nitrogens with zero attached hydrogens (tertiary/aromatic N) is 6. The molecule has 3 heterocycles. The number of sulfonamides is 1. The summed E-state index contributed by atoms with van der Waals surface area (Å²) in [6.45, 7) is 18.1. The van der Waals surface area contributed by atoms with Crippen LogP contribution in [0.1, 0.15) is 88.6 Å². The number of piperidine rings is 1. The molecule has 4 aromatic rings. The van der Waals surface area contributed by atoms with Crippen molar-refractivity contribution < 1.29 is 27.7 Å². The second-order valence-corrected chi connectivity index (χ2v) is 25.8. The molecule has 402 valence electrons. The number of nitro benzene ring substituents is 1. The lowest BCUT2D eigenvalue weighted by atomic mass is 9.71. The maximum Gasteiger partial charge on any atom is 0.410 e. The van der Waals surface area contributed by atoms with Crippen LogP contribution in [0, 0.1) is 21.4 Å². The smallest absolute Gasteiger partial charge is 0.410 e. The first kappa shape index (κ1) is 54.6. The van der Waals surface area contributed by atoms with Crippen molar-refractivity contribution in [2.75, 3.05) is 94.5 Å². The zero-order valence-corrected chi connectivity index (χ0v) is 46.2. The highest BCUT2D eigenvalue weighted by molar-refractivity contribution is 7.99. The third kappa shape index (κ3) is 14.3. The van der Waals surface area contributed by atoms with E-state index >= 15 is 0 Å². The van der Waals surface area contributed by atoms with Crippen LogP contribution < -0.4 is 14.9 Å². The van der Waals surface area contributed by atoms with Crippen molar-refractivity contribution in [1.29, 1.82) is 0 Å². The molecular formula is C57H73ClN8O7S2. The Morgan fingerprint density at radius 1 is 0.907 bits per heavy atom. The summed E-state index contributed by atoms with van der Waals surface area (Å²) in [5.74, 6) is 0.605. The van der Waals surface area contributed by atoms with Gasteiger partial charge in [-0.1, -0.05) is 54.4 Å². The molecule has 0 aromatic heterocycles. The number of halogens is 1. The van der Waals surface area contributed by atoms with Crippen molar-refractivity contribution in [3.8, 4) is 0 Å². The SMILES string of the molecule is CC(C)(C)OC(=O)N1CCN(C[C@]2(C)CCC(c3ccc(Cl)cc3)=C(CN3CCN(c4ccc(C(=O)NS(=O)(=O)c5ccc(N[C@H](CCN6CC7CCC6C7)CSc6ccccc6)c([N+](=O)[O-])c5)cc4)CC3)C2)CC1. The average Bonchev–Trinajstić information content (AvgIpc) is 4.02. The minimum atomic E-state index is -4.47. The van der Waals surface area contributed by atoms with Crippen LogP contribution in [0.4, 0.5) is 21.9 Å². The number of thioether (sulfide) groups is 1. The van der Waals surface area contributed by atoms with Crippen LogP contribution >= 0.6 is 23.4 Å². The van der Waals surface area contributed by atoms with Gasteiger partial charge >= 0.3 is 6.09 Å². The number of fused-ring (bicyclic) bond motifs is 2. The number of hydrogen-bond donors (Lipinski definition) is 2. The Kier molecular flexibility index (Phi) is 17.2. The van der Waals surface area contributed by atoms with Crippen LogP contribution in [0.15, 0.2) is 112 Å². The summed E-state index contributed by atoms with van der Waals surface area (Å²) < 4.78 is 35.1. The molecule has 2 aliphatic carbocycles. The first-order valence-corrected chi connectivity index (χ1v) is 29.5. The molecule has 4 atom stereocenters. The van der Waals surface area contributed by atoms with E-state index in [1.165, 1.54) is 48.1 Å². The van der Waals surface area contributed by atoms with Gasteiger partial charge in [0.2, 0.25) is 0 Å². The largest absolute Gasteiger partial charge is 0.444 e. The van der Waals surface area contributed by atoms with Crippen LogP contribution in [0.5, 0.6) is 0 Å². The molecule has 9 rings (SSSR count). The van der Waals surface area contributed by atoms with Crippen molar-refractivity contribution in [3.05, 3.63) is 129 Å². The molecule has 18 heteroatoms. The van der Waals surface area contributed by atoms with E-state index in [1.807, 2.05) is 80.3 Å². The molecule has 4 fully saturated rings. The van der Waals surface area contributed by atoms with E-state index in [9.17, 15) is 28.1 Å². The number of allylic oxidation sites excluding steroid dienone is 1. The normalized spacial score (nSPS) is 22.3. The van der Waals surface area contributed by atoms with Crippen LogP contribution in [0.3, 0.4) is 0 Å². The fraction of sp³-hybridized carbons (Fsp3) is 0.509. The molecule has 3 saturated heterocycles. The van der Waals surface area contributed by atoms with E-state index in [4.69, 9.17) is 16.3 Å². The lowest BCUT2D eigenvalue weighted by Crippen LogP contribution is -2.52. The van der Waals surface area contributed by atoms with Gasteiger partial charge in [0.15, 0.2) is 0 Å². The summed E-state index contributed by atoms with van der Waals surface area (Å²) in [4.78, 5) is 50.6. The molecule has 2 bridgehead atoms. The van der Waals surface area contributed by atoms with Crippen molar-refractivity contribution in [3.63, 3.8) is 0 Å². The number of anilines is 2. The third-order valence-corrected chi connectivity index (χ3v) is 18.4. The molecule has 4 aromatic carbocycles. The Morgan fingerprint density at radius 3 is 2.27 bits per heavy atom. The van der Waals surface area contributed by atoms with E-state index in [1.54, 1.807) is 23.9 Å². The third-order valence-electron chi connectivity index (χ3n) is 15.7. The first-order valence-electron chi connectivity index (χ1n) is 26.6. The van der Waals surface area contributed by atoms with Crippen molar-refractivity contribution >= 4 is 68.0 Å². The van der Waals surface area contributed by atoms with Crippen LogP contribution in [-0.2, 0) is 14.8 Å². The zero-order chi connectivity index (χ0) is 52.9. The van der Waals surface area contributed by atoms with E-state index in [0.29, 0.717) is 24.9 Å². The van der Waals surface area contributed by atoms with E-state index in [0.717, 1.165) is 119 Å². The molecule has 2 unspecified atom stereocenters. The van der Waals surface area contributed by atoms with Gasteiger partial charge in [0, 0.05) is 124 Å². The summed E-state index contributed by atoms with van der Waals surface area (Å²) in [6, 6.07) is 29.4. The molecule has 5 aliphatic rings. The lowest BCUT2D eigenvalue weighted by molar-refractivity contribution is -0.384. The van der Waals surface area contributed by atoms with Crippen LogP contribution in [0.2, 0.25) is 5.02 Å². The van der Waals surface area contributed by atoms with Gasteiger partial charge in [-0.05, 0) is 149 Å². The maximum atomic E-state index is 13.7. The second kappa shape index (κ2) is 23.6. The summed E-state index contributed by atoms with van der Waals surface area (Å²) >= 11 is 8.01. The van der Waals surface area contributed by atoms with Crippen LogP contribution in [-0.4, -0.2) is 147 Å². The van der Waals surface area contributed by atoms with Gasteiger partial charge in [0.25, 0.3) is 21.6 Å². The lowest BCUT2D eigenvalue weighted by Gasteiger charge is -2.44. The average molecular weight is 1080 g/mol. The summed E-state index contributed by atoms with van der Waals surface area (Å²) in [5.41, 5.74) is 4.58. The Hall–Kier alpha value is -5.17. The number of likely N-dealkylation sites (tertiary alicyclic amines) is 1. The van der Waals surface area contributed by atoms with Crippen molar-refractivity contribution in [1.82, 2.24) is 24.3 Å². The summed E-state index contributed by atoms with van der Waals surface area (Å²) in [5, 5.41) is 16.6. The van der Waals surface area contributed by atoms with Gasteiger partial charge in [-0.15, -0.1) is 11.8 Å². The second-order valence-electron chi connectivity index (χ2n) is 22.6. The Labute approximate surface area is 452 Å². The van der Waals surface area contributed by atoms with Gasteiger partial charge in [0.1, 0.15) is 11.3 Å². The van der Waals surface area contributed by atoms with Crippen LogP contribution in [0.25, 0.3) is 5.57 Å². The molecular weight excluding hydrogens is 1010 g/mol. The molecule has 1 saturated carbocycles. The first-order chi connectivity index (χ1) is 35.8. The Morgan fingerprint density at radius 2 is 1.61 bits per heavy atom. The minimum absolute atomic E-state index is 0.0765. The number of carbonyl (C=O) groups is 2. The predicted molar refractivity (Wildman–Crippen MR) is 299 cm³/mol. The quantitative estimate of drug-likeness (QED) is 0.0551. The molecule has 3 aliphatic heterocycles. The number of ether oxygens (including phenoxy) is 1. The zero-order valence-electron chi connectivity index (χ0n) is 43.8. The highest BCUT2D eigenvalue weighted by Crippen LogP contribution is 2.44. The summed E-state index contributed by atoms with van der Waals surface area (Å²) in [6.07, 6.45) is 7.31. The fourth-order valence-corrected chi connectivity index (χ4v) is 13.9. The van der Waals surface area contributed by atoms with E-state index in [-0.39, 0.29) is 39.4 Å². The maximum absolute atomic E-state index is 13.7. The van der Waals surface area contributed by atoms with E-state index < -0.39 is 26.5 Å². The molecule has 0 spiro atoms. The molecule has 2 N–H and O–H groups in total. The fourth-order valence-electron chi connectivity index (χ4n) is 11.8. The minimum Gasteiger partial charge on any atom is -0.444 e. The van der Waals surface area contributed by atoms with Crippen molar-refractivity contribution in [2.24, 2.45) is 11.3 Å². The van der Waals surface area contributed by atoms with E-state index in [2.05, 4.69) is 48.7 Å². The molecule has 2 amide bonds. The van der Waals surface area contributed by atoms with Gasteiger partial charge < -0.3 is 24.8 Å². The number of carbonyl (C=O) groups excluding carboxylic acids is 2. The topological polar surface area (TPSA) is 161 Å². The van der Waals surface area contributed by atoms with Gasteiger partial charge in [-0.25, -0.2) is 17.9 Å². The number of hydrogen-bond acceptors (Lipinski definition) is 13.